The molecule has 0 aliphatic carbocycles. The van der Waals surface area contributed by atoms with E-state index in [1.807, 2.05) is 58.0 Å². The molecule has 0 saturated heterocycles. The van der Waals surface area contributed by atoms with Gasteiger partial charge in [0, 0.05) is 12.0 Å². The molecule has 30 heavy (non-hydrogen) atoms. The van der Waals surface area contributed by atoms with E-state index in [4.69, 9.17) is 4.74 Å². The monoisotopic (exact) mass is 430 g/mol. The summed E-state index contributed by atoms with van der Waals surface area (Å²) in [6.45, 7) is 7.65. The lowest BCUT2D eigenvalue weighted by Crippen LogP contribution is -2.45. The van der Waals surface area contributed by atoms with Gasteiger partial charge in [0.1, 0.15) is 17.9 Å². The van der Waals surface area contributed by atoms with Crippen molar-refractivity contribution >= 4 is 21.6 Å². The van der Waals surface area contributed by atoms with Crippen molar-refractivity contribution in [2.45, 2.75) is 52.2 Å². The summed E-state index contributed by atoms with van der Waals surface area (Å²) < 4.78 is 32.3. The van der Waals surface area contributed by atoms with Gasteiger partial charge in [0.15, 0.2) is 0 Å². The molecule has 1 amide bonds. The van der Waals surface area contributed by atoms with Gasteiger partial charge in [-0.15, -0.1) is 0 Å². The van der Waals surface area contributed by atoms with Crippen molar-refractivity contribution in [1.29, 1.82) is 0 Å². The lowest BCUT2D eigenvalue weighted by atomic mass is 9.89. The molecule has 0 fully saturated rings. The highest BCUT2D eigenvalue weighted by Crippen LogP contribution is 2.40. The highest BCUT2D eigenvalue weighted by atomic mass is 32.2. The molecular weight excluding hydrogens is 400 g/mol. The predicted molar refractivity (Wildman–Crippen MR) is 119 cm³/mol. The maximum absolute atomic E-state index is 13.0. The van der Waals surface area contributed by atoms with Crippen molar-refractivity contribution in [2.24, 2.45) is 0 Å². The fourth-order valence-corrected chi connectivity index (χ4v) is 4.78. The second kappa shape index (κ2) is 8.30. The van der Waals surface area contributed by atoms with Crippen LogP contribution in [-0.2, 0) is 21.2 Å². The summed E-state index contributed by atoms with van der Waals surface area (Å²) in [5.41, 5.74) is 2.97. The first-order valence-corrected chi connectivity index (χ1v) is 12.0. The average Bonchev–Trinajstić information content (AvgIpc) is 2.64. The largest absolute Gasteiger partial charge is 0.487 e. The number of anilines is 1. The van der Waals surface area contributed by atoms with Gasteiger partial charge in [-0.25, -0.2) is 8.42 Å². The van der Waals surface area contributed by atoms with E-state index in [9.17, 15) is 13.2 Å². The molecule has 1 aliphatic heterocycles. The number of carbonyl (C=O) groups excluding carboxylic acids is 1. The van der Waals surface area contributed by atoms with Crippen LogP contribution in [0.15, 0.2) is 42.5 Å². The molecule has 162 valence electrons. The molecule has 0 saturated carbocycles. The minimum absolute atomic E-state index is 0.250. The van der Waals surface area contributed by atoms with Gasteiger partial charge in [0.05, 0.1) is 18.0 Å². The molecule has 0 radical (unpaired) electrons. The SMILES string of the molecule is CCc1ccccc1N(CC(=O)N[C@H]1CC(C)(C)Oc2cc(C)ccc21)S(C)(=O)=O. The Bertz CT molecular complexity index is 1050. The molecule has 1 aliphatic rings. The molecular formula is C23H30N2O4S. The first-order valence-electron chi connectivity index (χ1n) is 10.1. The summed E-state index contributed by atoms with van der Waals surface area (Å²) in [6.07, 6.45) is 2.40. The van der Waals surface area contributed by atoms with Crippen LogP contribution in [0.1, 0.15) is 49.9 Å². The topological polar surface area (TPSA) is 75.7 Å². The van der Waals surface area contributed by atoms with E-state index in [-0.39, 0.29) is 18.5 Å². The van der Waals surface area contributed by atoms with Crippen LogP contribution in [0.3, 0.4) is 0 Å². The molecule has 0 spiro atoms. The van der Waals surface area contributed by atoms with Gasteiger partial charge in [-0.3, -0.25) is 9.10 Å². The molecule has 2 aromatic carbocycles. The Morgan fingerprint density at radius 3 is 2.60 bits per heavy atom. The molecule has 1 N–H and O–H groups in total. The normalized spacial score (nSPS) is 17.6. The van der Waals surface area contributed by atoms with E-state index in [1.165, 1.54) is 4.31 Å². The van der Waals surface area contributed by atoms with Crippen molar-refractivity contribution in [3.63, 3.8) is 0 Å². The smallest absolute Gasteiger partial charge is 0.241 e. The number of sulfonamides is 1. The van der Waals surface area contributed by atoms with Crippen LogP contribution in [0.4, 0.5) is 5.69 Å². The Morgan fingerprint density at radius 1 is 1.23 bits per heavy atom. The van der Waals surface area contributed by atoms with E-state index in [1.54, 1.807) is 12.1 Å². The Morgan fingerprint density at radius 2 is 1.93 bits per heavy atom. The number of aryl methyl sites for hydroxylation is 2. The minimum Gasteiger partial charge on any atom is -0.487 e. The first-order chi connectivity index (χ1) is 14.0. The lowest BCUT2D eigenvalue weighted by molar-refractivity contribution is -0.120. The number of rotatable bonds is 6. The van der Waals surface area contributed by atoms with E-state index in [2.05, 4.69) is 5.32 Å². The fourth-order valence-electron chi connectivity index (χ4n) is 3.89. The molecule has 1 heterocycles. The third-order valence-corrected chi connectivity index (χ3v) is 6.42. The highest BCUT2D eigenvalue weighted by Gasteiger charge is 2.35. The van der Waals surface area contributed by atoms with Gasteiger partial charge < -0.3 is 10.1 Å². The molecule has 6 nitrogen and oxygen atoms in total. The zero-order valence-corrected chi connectivity index (χ0v) is 19.0. The van der Waals surface area contributed by atoms with Gasteiger partial charge in [-0.2, -0.15) is 0 Å². The Kier molecular flexibility index (Phi) is 6.13. The van der Waals surface area contributed by atoms with Crippen molar-refractivity contribution < 1.29 is 17.9 Å². The van der Waals surface area contributed by atoms with Gasteiger partial charge >= 0.3 is 0 Å². The van der Waals surface area contributed by atoms with Crippen molar-refractivity contribution in [1.82, 2.24) is 5.32 Å². The number of ether oxygens (including phenoxy) is 1. The van der Waals surface area contributed by atoms with Gasteiger partial charge in [-0.05, 0) is 50.5 Å². The second-order valence-electron chi connectivity index (χ2n) is 8.48. The van der Waals surface area contributed by atoms with Gasteiger partial charge in [0.25, 0.3) is 0 Å². The quantitative estimate of drug-likeness (QED) is 0.757. The summed E-state index contributed by atoms with van der Waals surface area (Å²) >= 11 is 0. The van der Waals surface area contributed by atoms with Crippen LogP contribution in [0.25, 0.3) is 0 Å². The maximum atomic E-state index is 13.0. The Labute approximate surface area is 179 Å². The Hall–Kier alpha value is -2.54. The second-order valence-corrected chi connectivity index (χ2v) is 10.4. The predicted octanol–water partition coefficient (Wildman–Crippen LogP) is 3.74. The lowest BCUT2D eigenvalue weighted by Gasteiger charge is -2.38. The molecule has 2 aromatic rings. The number of carbonyl (C=O) groups is 1. The number of hydrogen-bond donors (Lipinski definition) is 1. The molecule has 0 bridgehead atoms. The van der Waals surface area contributed by atoms with E-state index in [0.29, 0.717) is 18.5 Å². The Balaban J connectivity index is 1.86. The van der Waals surface area contributed by atoms with Crippen LogP contribution in [0, 0.1) is 6.92 Å². The van der Waals surface area contributed by atoms with E-state index in [0.717, 1.165) is 28.7 Å². The number of nitrogens with one attached hydrogen (secondary N) is 1. The summed E-state index contributed by atoms with van der Waals surface area (Å²) in [5.74, 6) is 0.411. The van der Waals surface area contributed by atoms with Gasteiger partial charge in [0.2, 0.25) is 15.9 Å². The third kappa shape index (κ3) is 4.95. The van der Waals surface area contributed by atoms with Crippen LogP contribution >= 0.6 is 0 Å². The van der Waals surface area contributed by atoms with Crippen LogP contribution in [-0.4, -0.2) is 32.7 Å². The van der Waals surface area contributed by atoms with Crippen molar-refractivity contribution in [3.8, 4) is 5.75 Å². The average molecular weight is 431 g/mol. The van der Waals surface area contributed by atoms with Crippen LogP contribution < -0.4 is 14.4 Å². The zero-order chi connectivity index (χ0) is 22.1. The molecule has 0 aromatic heterocycles. The summed E-state index contributed by atoms with van der Waals surface area (Å²) in [5, 5.41) is 3.03. The summed E-state index contributed by atoms with van der Waals surface area (Å²) in [4.78, 5) is 13.0. The minimum atomic E-state index is -3.63. The van der Waals surface area contributed by atoms with Crippen molar-refractivity contribution in [3.05, 3.63) is 59.2 Å². The fraction of sp³-hybridized carbons (Fsp3) is 0.435. The molecule has 1 atom stereocenters. The number of amides is 1. The molecule has 3 rings (SSSR count). The summed E-state index contributed by atoms with van der Waals surface area (Å²) in [6, 6.07) is 12.9. The van der Waals surface area contributed by atoms with Crippen molar-refractivity contribution in [2.75, 3.05) is 17.1 Å². The first kappa shape index (κ1) is 22.2. The third-order valence-electron chi connectivity index (χ3n) is 5.29. The number of nitrogens with zero attached hydrogens (tertiary/aromatic N) is 1. The van der Waals surface area contributed by atoms with E-state index < -0.39 is 15.6 Å². The molecule has 7 heteroatoms. The van der Waals surface area contributed by atoms with Crippen LogP contribution in [0.5, 0.6) is 5.75 Å². The highest BCUT2D eigenvalue weighted by molar-refractivity contribution is 7.92. The standard InChI is InChI=1S/C23H30N2O4S/c1-6-17-9-7-8-10-20(17)25(30(5,27)28)15-22(26)24-19-14-23(3,4)29-21-13-16(2)11-12-18(19)21/h7-13,19H,6,14-15H2,1-5H3,(H,24,26)/t19-/m0/s1. The number of hydrogen-bond acceptors (Lipinski definition) is 4. The number of fused-ring (bicyclic) bond motifs is 1. The van der Waals surface area contributed by atoms with Crippen LogP contribution in [0.2, 0.25) is 0 Å². The van der Waals surface area contributed by atoms with Gasteiger partial charge in [-0.1, -0.05) is 37.3 Å². The zero-order valence-electron chi connectivity index (χ0n) is 18.2. The molecule has 0 unspecified atom stereocenters. The number of benzene rings is 2. The summed E-state index contributed by atoms with van der Waals surface area (Å²) in [7, 11) is -3.63. The number of para-hydroxylation sites is 1. The maximum Gasteiger partial charge on any atom is 0.241 e. The van der Waals surface area contributed by atoms with E-state index >= 15 is 0 Å².